The van der Waals surface area contributed by atoms with Crippen LogP contribution in [0.3, 0.4) is 0 Å². The number of amides is 1. The summed E-state index contributed by atoms with van der Waals surface area (Å²) in [7, 11) is 0. The maximum Gasteiger partial charge on any atom is 0.269 e. The third-order valence-electron chi connectivity index (χ3n) is 3.93. The highest BCUT2D eigenvalue weighted by Gasteiger charge is 2.28. The minimum absolute atomic E-state index is 0.0281. The van der Waals surface area contributed by atoms with Gasteiger partial charge in [-0.15, -0.1) is 0 Å². The molecule has 0 N–H and O–H groups in total. The number of hydrogen-bond donors (Lipinski definition) is 0. The van der Waals surface area contributed by atoms with Gasteiger partial charge in [0.1, 0.15) is 6.10 Å². The maximum absolute atomic E-state index is 12.5. The molecule has 0 bridgehead atoms. The molecule has 2 aromatic rings. The van der Waals surface area contributed by atoms with Crippen molar-refractivity contribution in [1.82, 2.24) is 9.88 Å². The van der Waals surface area contributed by atoms with E-state index in [1.165, 1.54) is 24.3 Å². The zero-order chi connectivity index (χ0) is 17.1. The van der Waals surface area contributed by atoms with Gasteiger partial charge >= 0.3 is 0 Å². The van der Waals surface area contributed by atoms with Gasteiger partial charge in [0.15, 0.2) is 0 Å². The fourth-order valence-electron chi connectivity index (χ4n) is 2.61. The number of non-ortho nitro benzene ring substituents is 1. The summed E-state index contributed by atoms with van der Waals surface area (Å²) in [5.41, 5.74) is 1.47. The van der Waals surface area contributed by atoms with Gasteiger partial charge in [-0.1, -0.05) is 6.07 Å². The van der Waals surface area contributed by atoms with Crippen LogP contribution in [0, 0.1) is 17.0 Å². The fraction of sp³-hybridized carbons (Fsp3) is 0.294. The Morgan fingerprint density at radius 1 is 1.29 bits per heavy atom. The van der Waals surface area contributed by atoms with Crippen molar-refractivity contribution >= 4 is 11.6 Å². The predicted octanol–water partition coefficient (Wildman–Crippen LogP) is 2.59. The first kappa shape index (κ1) is 15.9. The summed E-state index contributed by atoms with van der Waals surface area (Å²) in [5.74, 6) is 0.406. The van der Waals surface area contributed by atoms with Crippen LogP contribution >= 0.6 is 0 Å². The molecule has 1 fully saturated rings. The number of rotatable bonds is 4. The van der Waals surface area contributed by atoms with Gasteiger partial charge < -0.3 is 9.64 Å². The largest absolute Gasteiger partial charge is 0.472 e. The van der Waals surface area contributed by atoms with E-state index in [1.807, 2.05) is 19.1 Å². The third kappa shape index (κ3) is 3.51. The molecule has 7 nitrogen and oxygen atoms in total. The van der Waals surface area contributed by atoms with Gasteiger partial charge in [0.05, 0.1) is 11.5 Å². The summed E-state index contributed by atoms with van der Waals surface area (Å²) in [6.07, 6.45) is 2.38. The number of nitro groups is 1. The van der Waals surface area contributed by atoms with Gasteiger partial charge in [-0.2, -0.15) is 0 Å². The standard InChI is InChI=1S/C17H17N3O4/c1-12-2-7-16(18-10-12)24-15-8-9-19(11-15)17(21)13-3-5-14(6-4-13)20(22)23/h2-7,10,15H,8-9,11H2,1H3. The Kier molecular flexibility index (Phi) is 4.41. The average molecular weight is 327 g/mol. The van der Waals surface area contributed by atoms with Crippen molar-refractivity contribution < 1.29 is 14.5 Å². The smallest absolute Gasteiger partial charge is 0.269 e. The SMILES string of the molecule is Cc1ccc(OC2CCN(C(=O)c3ccc([N+](=O)[O-])cc3)C2)nc1. The van der Waals surface area contributed by atoms with Crippen LogP contribution in [0.25, 0.3) is 0 Å². The molecule has 2 heterocycles. The van der Waals surface area contributed by atoms with E-state index in [0.717, 1.165) is 12.0 Å². The molecule has 1 amide bonds. The van der Waals surface area contributed by atoms with Crippen molar-refractivity contribution in [2.45, 2.75) is 19.4 Å². The molecule has 1 unspecified atom stereocenters. The molecule has 0 radical (unpaired) electrons. The molecule has 0 aliphatic carbocycles. The Morgan fingerprint density at radius 3 is 2.67 bits per heavy atom. The van der Waals surface area contributed by atoms with E-state index in [1.54, 1.807) is 11.1 Å². The molecule has 7 heteroatoms. The maximum atomic E-state index is 12.5. The monoisotopic (exact) mass is 327 g/mol. The lowest BCUT2D eigenvalue weighted by atomic mass is 10.2. The highest BCUT2D eigenvalue weighted by Crippen LogP contribution is 2.20. The molecule has 3 rings (SSSR count). The molecule has 1 aromatic heterocycles. The molecule has 1 aromatic carbocycles. The van der Waals surface area contributed by atoms with Gasteiger partial charge in [0.2, 0.25) is 5.88 Å². The number of hydrogen-bond acceptors (Lipinski definition) is 5. The molecule has 124 valence electrons. The van der Waals surface area contributed by atoms with Crippen LogP contribution in [-0.4, -0.2) is 39.9 Å². The van der Waals surface area contributed by atoms with Crippen LogP contribution in [0.2, 0.25) is 0 Å². The number of nitro benzene ring substituents is 1. The quantitative estimate of drug-likeness (QED) is 0.636. The van der Waals surface area contributed by atoms with Gasteiger partial charge in [0, 0.05) is 42.9 Å². The second kappa shape index (κ2) is 6.66. The molecule has 1 aliphatic heterocycles. The highest BCUT2D eigenvalue weighted by atomic mass is 16.6. The summed E-state index contributed by atoms with van der Waals surface area (Å²) in [6, 6.07) is 9.39. The topological polar surface area (TPSA) is 85.6 Å². The molecule has 1 aliphatic rings. The first-order valence-electron chi connectivity index (χ1n) is 7.66. The Labute approximate surface area is 139 Å². The first-order chi connectivity index (χ1) is 11.5. The second-order valence-corrected chi connectivity index (χ2v) is 5.76. The Bertz CT molecular complexity index is 743. The van der Waals surface area contributed by atoms with Gasteiger partial charge in [-0.3, -0.25) is 14.9 Å². The first-order valence-corrected chi connectivity index (χ1v) is 7.66. The zero-order valence-corrected chi connectivity index (χ0v) is 13.2. The summed E-state index contributed by atoms with van der Waals surface area (Å²) in [5, 5.41) is 10.7. The van der Waals surface area contributed by atoms with Crippen molar-refractivity contribution in [1.29, 1.82) is 0 Å². The molecular weight excluding hydrogens is 310 g/mol. The Hall–Kier alpha value is -2.96. The second-order valence-electron chi connectivity index (χ2n) is 5.76. The summed E-state index contributed by atoms with van der Waals surface area (Å²) in [6.45, 7) is 3.02. The van der Waals surface area contributed by atoms with E-state index in [0.29, 0.717) is 24.5 Å². The Morgan fingerprint density at radius 2 is 2.04 bits per heavy atom. The zero-order valence-electron chi connectivity index (χ0n) is 13.2. The number of carbonyl (C=O) groups is 1. The van der Waals surface area contributed by atoms with Crippen LogP contribution in [0.4, 0.5) is 5.69 Å². The van der Waals surface area contributed by atoms with Crippen molar-refractivity contribution in [3.8, 4) is 5.88 Å². The lowest BCUT2D eigenvalue weighted by Crippen LogP contribution is -2.31. The minimum Gasteiger partial charge on any atom is -0.472 e. The van der Waals surface area contributed by atoms with E-state index in [-0.39, 0.29) is 17.7 Å². The number of pyridine rings is 1. The third-order valence-corrected chi connectivity index (χ3v) is 3.93. The number of ether oxygens (including phenoxy) is 1. The number of aryl methyl sites for hydroxylation is 1. The summed E-state index contributed by atoms with van der Waals surface area (Å²) < 4.78 is 5.80. The van der Waals surface area contributed by atoms with E-state index in [4.69, 9.17) is 4.74 Å². The number of carbonyl (C=O) groups excluding carboxylic acids is 1. The van der Waals surface area contributed by atoms with Crippen molar-refractivity contribution in [3.63, 3.8) is 0 Å². The van der Waals surface area contributed by atoms with Crippen LogP contribution < -0.4 is 4.74 Å². The lowest BCUT2D eigenvalue weighted by molar-refractivity contribution is -0.384. The molecular formula is C17H17N3O4. The van der Waals surface area contributed by atoms with Crippen molar-refractivity contribution in [2.75, 3.05) is 13.1 Å². The number of likely N-dealkylation sites (tertiary alicyclic amines) is 1. The van der Waals surface area contributed by atoms with Crippen LogP contribution in [0.5, 0.6) is 5.88 Å². The van der Waals surface area contributed by atoms with Crippen molar-refractivity contribution in [3.05, 3.63) is 63.8 Å². The summed E-state index contributed by atoms with van der Waals surface area (Å²) >= 11 is 0. The predicted molar refractivity (Wildman–Crippen MR) is 87.0 cm³/mol. The number of benzene rings is 1. The number of aromatic nitrogens is 1. The van der Waals surface area contributed by atoms with Crippen LogP contribution in [-0.2, 0) is 0 Å². The molecule has 0 spiro atoms. The van der Waals surface area contributed by atoms with Crippen LogP contribution in [0.1, 0.15) is 22.3 Å². The Balaban J connectivity index is 1.61. The highest BCUT2D eigenvalue weighted by molar-refractivity contribution is 5.94. The molecule has 1 saturated heterocycles. The molecule has 0 saturated carbocycles. The lowest BCUT2D eigenvalue weighted by Gasteiger charge is -2.17. The van der Waals surface area contributed by atoms with Crippen molar-refractivity contribution in [2.24, 2.45) is 0 Å². The average Bonchev–Trinajstić information content (AvgIpc) is 3.05. The summed E-state index contributed by atoms with van der Waals surface area (Å²) in [4.78, 5) is 28.5. The van der Waals surface area contributed by atoms with E-state index >= 15 is 0 Å². The molecule has 1 atom stereocenters. The van der Waals surface area contributed by atoms with Crippen LogP contribution in [0.15, 0.2) is 42.6 Å². The van der Waals surface area contributed by atoms with Gasteiger partial charge in [-0.25, -0.2) is 4.98 Å². The van der Waals surface area contributed by atoms with E-state index in [2.05, 4.69) is 4.98 Å². The molecule has 24 heavy (non-hydrogen) atoms. The van der Waals surface area contributed by atoms with E-state index < -0.39 is 4.92 Å². The van der Waals surface area contributed by atoms with Gasteiger partial charge in [-0.05, 0) is 24.6 Å². The van der Waals surface area contributed by atoms with Gasteiger partial charge in [0.25, 0.3) is 11.6 Å². The normalized spacial score (nSPS) is 16.9. The fourth-order valence-corrected chi connectivity index (χ4v) is 2.61. The minimum atomic E-state index is -0.484. The number of nitrogens with zero attached hydrogens (tertiary/aromatic N) is 3. The van der Waals surface area contributed by atoms with E-state index in [9.17, 15) is 14.9 Å².